The lowest BCUT2D eigenvalue weighted by Crippen LogP contribution is -2.42. The summed E-state index contributed by atoms with van der Waals surface area (Å²) in [7, 11) is 0. The Morgan fingerprint density at radius 2 is 1.19 bits per heavy atom. The van der Waals surface area contributed by atoms with Gasteiger partial charge in [-0.3, -0.25) is 33.7 Å². The van der Waals surface area contributed by atoms with Crippen LogP contribution in [-0.2, 0) is 28.7 Å². The lowest BCUT2D eigenvalue weighted by Gasteiger charge is -2.41. The number of amides is 4. The summed E-state index contributed by atoms with van der Waals surface area (Å²) in [5.41, 5.74) is 5.30. The molecule has 0 saturated heterocycles. The molecule has 0 bridgehead atoms. The van der Waals surface area contributed by atoms with Crippen molar-refractivity contribution >= 4 is 46.3 Å². The van der Waals surface area contributed by atoms with Gasteiger partial charge in [-0.15, -0.1) is 6.58 Å². The number of ether oxygens (including phenoxy) is 2. The van der Waals surface area contributed by atoms with Gasteiger partial charge in [0.05, 0.1) is 23.9 Å². The summed E-state index contributed by atoms with van der Waals surface area (Å²) in [6.07, 6.45) is 24.8. The molecule has 11 nitrogen and oxygen atoms in total. The standard InChI is InChI=1S/C63H93N3O8/c1-11-17-18-22-39-63(10,60(72)74-45-41-64-53(67)33-25-28-46(7)50-35-34-47(13-3)49(14-4)56(50)61(8,15-5)37-12-2)40-24-21-19-20-23-38-62(9,16-6)59(71)73-44-42-65-54(68)36-43-66-57(69)51-31-26-29-48-30-27-32-52(55(48)51)58(66)70/h15,26-27,29-32,34-35,56H,5,11-14,16-25,28,33,36-45H2,1-4,6-10H3,(H,64,67)(H,65,68)/b50-46+/t56?,61-,62?,63?/m0/s1. The Morgan fingerprint density at radius 3 is 1.72 bits per heavy atom. The summed E-state index contributed by atoms with van der Waals surface area (Å²) in [6.45, 7) is 24.3. The lowest BCUT2D eigenvalue weighted by molar-refractivity contribution is -0.156. The van der Waals surface area contributed by atoms with Gasteiger partial charge < -0.3 is 20.1 Å². The SMILES string of the molecule is C=C[C@@](C)(CCC)C1C(CC)=C(CC)C=C/C1=C(/C)CCCC(=O)NCCOC(=O)C(C)(CCCCCC)CCCCCCCC(C)(CC)C(=O)OCCNC(=O)CCN1C(=O)c2cccc3cccc(c23)C1=O. The molecule has 2 aromatic rings. The van der Waals surface area contributed by atoms with E-state index in [1.165, 1.54) is 22.3 Å². The van der Waals surface area contributed by atoms with Gasteiger partial charge in [0, 0.05) is 41.8 Å². The predicted molar refractivity (Wildman–Crippen MR) is 299 cm³/mol. The third kappa shape index (κ3) is 16.6. The van der Waals surface area contributed by atoms with Crippen LogP contribution in [0.15, 0.2) is 83.5 Å². The van der Waals surface area contributed by atoms with Crippen molar-refractivity contribution in [1.82, 2.24) is 15.5 Å². The summed E-state index contributed by atoms with van der Waals surface area (Å²) in [5.74, 6) is -1.37. The Morgan fingerprint density at radius 1 is 0.649 bits per heavy atom. The van der Waals surface area contributed by atoms with E-state index in [0.29, 0.717) is 48.2 Å². The van der Waals surface area contributed by atoms with E-state index in [1.54, 1.807) is 24.3 Å². The van der Waals surface area contributed by atoms with E-state index < -0.39 is 22.6 Å². The molecule has 0 radical (unpaired) electrons. The fourth-order valence-electron chi connectivity index (χ4n) is 11.2. The number of imide groups is 1. The van der Waals surface area contributed by atoms with Crippen LogP contribution in [0.25, 0.3) is 10.8 Å². The van der Waals surface area contributed by atoms with Crippen molar-refractivity contribution in [3.63, 3.8) is 0 Å². The second-order valence-electron chi connectivity index (χ2n) is 21.8. The van der Waals surface area contributed by atoms with Crippen LogP contribution >= 0.6 is 0 Å². The van der Waals surface area contributed by atoms with Crippen LogP contribution in [0.5, 0.6) is 0 Å². The van der Waals surface area contributed by atoms with Crippen LogP contribution in [0.2, 0.25) is 0 Å². The number of hydrogen-bond acceptors (Lipinski definition) is 8. The normalized spacial score (nSPS) is 17.6. The number of esters is 2. The fourth-order valence-corrected chi connectivity index (χ4v) is 11.2. The Balaban J connectivity index is 1.13. The third-order valence-electron chi connectivity index (χ3n) is 16.2. The maximum Gasteiger partial charge on any atom is 0.311 e. The van der Waals surface area contributed by atoms with Gasteiger partial charge in [-0.25, -0.2) is 0 Å². The molecule has 1 heterocycles. The third-order valence-corrected chi connectivity index (χ3v) is 16.2. The summed E-state index contributed by atoms with van der Waals surface area (Å²) >= 11 is 0. The van der Waals surface area contributed by atoms with Crippen molar-refractivity contribution in [3.05, 3.63) is 94.6 Å². The number of carbonyl (C=O) groups is 6. The Hall–Kier alpha value is -5.32. The fraction of sp³-hybridized carbons (Fsp3) is 0.619. The minimum atomic E-state index is -0.649. The zero-order valence-corrected chi connectivity index (χ0v) is 47.1. The molecule has 4 amide bonds. The smallest absolute Gasteiger partial charge is 0.311 e. The van der Waals surface area contributed by atoms with E-state index in [2.05, 4.69) is 77.0 Å². The Labute approximate surface area is 445 Å². The second kappa shape index (κ2) is 30.3. The Kier molecular flexibility index (Phi) is 25.1. The molecule has 0 aromatic heterocycles. The number of carbonyl (C=O) groups excluding carboxylic acids is 6. The second-order valence-corrected chi connectivity index (χ2v) is 21.8. The minimum Gasteiger partial charge on any atom is -0.463 e. The molecule has 408 valence electrons. The van der Waals surface area contributed by atoms with Crippen molar-refractivity contribution < 1.29 is 38.2 Å². The van der Waals surface area contributed by atoms with E-state index in [4.69, 9.17) is 9.47 Å². The van der Waals surface area contributed by atoms with E-state index in [0.717, 1.165) is 119 Å². The quantitative estimate of drug-likeness (QED) is 0.0300. The van der Waals surface area contributed by atoms with Crippen molar-refractivity contribution in [2.24, 2.45) is 22.2 Å². The van der Waals surface area contributed by atoms with Gasteiger partial charge in [-0.05, 0) is 113 Å². The molecule has 1 aliphatic heterocycles. The number of hydrogen-bond donors (Lipinski definition) is 2. The van der Waals surface area contributed by atoms with Gasteiger partial charge in [-0.2, -0.15) is 0 Å². The van der Waals surface area contributed by atoms with Gasteiger partial charge in [0.15, 0.2) is 0 Å². The first-order valence-corrected chi connectivity index (χ1v) is 28.5. The van der Waals surface area contributed by atoms with Crippen molar-refractivity contribution in [3.8, 4) is 0 Å². The average Bonchev–Trinajstić information content (AvgIpc) is 3.40. The molecule has 2 N–H and O–H groups in total. The molecule has 4 atom stereocenters. The topological polar surface area (TPSA) is 148 Å². The van der Waals surface area contributed by atoms with Crippen LogP contribution in [0.1, 0.15) is 218 Å². The first kappa shape index (κ1) is 61.2. The number of benzene rings is 2. The van der Waals surface area contributed by atoms with Crippen LogP contribution < -0.4 is 10.6 Å². The van der Waals surface area contributed by atoms with E-state index in [1.807, 2.05) is 32.9 Å². The monoisotopic (exact) mass is 1020 g/mol. The Bertz CT molecular complexity index is 2290. The lowest BCUT2D eigenvalue weighted by atomic mass is 9.63. The van der Waals surface area contributed by atoms with Crippen molar-refractivity contribution in [1.29, 1.82) is 0 Å². The molecule has 0 saturated carbocycles. The zero-order valence-electron chi connectivity index (χ0n) is 47.1. The van der Waals surface area contributed by atoms with Gasteiger partial charge in [0.25, 0.3) is 11.8 Å². The van der Waals surface area contributed by atoms with Crippen LogP contribution in [0.3, 0.4) is 0 Å². The molecule has 3 unspecified atom stereocenters. The summed E-state index contributed by atoms with van der Waals surface area (Å²) in [4.78, 5) is 80.0. The van der Waals surface area contributed by atoms with Crippen LogP contribution in [0.4, 0.5) is 0 Å². The maximum absolute atomic E-state index is 13.6. The molecular formula is C63H93N3O8. The number of nitrogens with one attached hydrogen (secondary N) is 2. The first-order valence-electron chi connectivity index (χ1n) is 28.5. The number of allylic oxidation sites excluding steroid dienone is 7. The molecule has 11 heteroatoms. The molecule has 74 heavy (non-hydrogen) atoms. The van der Waals surface area contributed by atoms with Gasteiger partial charge in [0.2, 0.25) is 11.8 Å². The van der Waals surface area contributed by atoms with Gasteiger partial charge in [-0.1, -0.05) is 159 Å². The number of unbranched alkanes of at least 4 members (excludes halogenated alkanes) is 7. The maximum atomic E-state index is 13.6. The summed E-state index contributed by atoms with van der Waals surface area (Å²) in [5, 5.41) is 7.21. The minimum absolute atomic E-state index is 0.0228. The van der Waals surface area contributed by atoms with E-state index >= 15 is 0 Å². The zero-order chi connectivity index (χ0) is 54.3. The average molecular weight is 1020 g/mol. The summed E-state index contributed by atoms with van der Waals surface area (Å²) in [6, 6.07) is 10.7. The predicted octanol–water partition coefficient (Wildman–Crippen LogP) is 14.1. The van der Waals surface area contributed by atoms with Crippen molar-refractivity contribution in [2.45, 2.75) is 197 Å². The van der Waals surface area contributed by atoms with Gasteiger partial charge >= 0.3 is 11.9 Å². The molecule has 2 aromatic carbocycles. The first-order chi connectivity index (χ1) is 35.5. The molecule has 2 aliphatic rings. The van der Waals surface area contributed by atoms with Crippen LogP contribution in [0, 0.1) is 22.2 Å². The molecule has 0 fully saturated rings. The molecular weight excluding hydrogens is 927 g/mol. The number of rotatable bonds is 35. The number of nitrogens with zero attached hydrogens (tertiary/aromatic N) is 1. The van der Waals surface area contributed by atoms with Crippen molar-refractivity contribution in [2.75, 3.05) is 32.8 Å². The molecule has 4 rings (SSSR count). The summed E-state index contributed by atoms with van der Waals surface area (Å²) < 4.78 is 11.5. The molecule has 0 spiro atoms. The largest absolute Gasteiger partial charge is 0.463 e. The van der Waals surface area contributed by atoms with Gasteiger partial charge in [0.1, 0.15) is 13.2 Å². The molecule has 1 aliphatic carbocycles. The van der Waals surface area contributed by atoms with E-state index in [9.17, 15) is 28.8 Å². The highest BCUT2D eigenvalue weighted by atomic mass is 16.5. The highest BCUT2D eigenvalue weighted by molar-refractivity contribution is 6.25. The van der Waals surface area contributed by atoms with E-state index in [-0.39, 0.29) is 61.9 Å². The van der Waals surface area contributed by atoms with Crippen LogP contribution in [-0.4, -0.2) is 73.3 Å². The highest BCUT2D eigenvalue weighted by Gasteiger charge is 2.38. The highest BCUT2D eigenvalue weighted by Crippen LogP contribution is 2.49.